The van der Waals surface area contributed by atoms with Crippen molar-refractivity contribution < 1.29 is 27.5 Å². The van der Waals surface area contributed by atoms with Gasteiger partial charge in [0.05, 0.1) is 17.3 Å². The summed E-state index contributed by atoms with van der Waals surface area (Å²) in [5.74, 6) is 0.264. The van der Waals surface area contributed by atoms with Crippen molar-refractivity contribution in [2.45, 2.75) is 37.9 Å². The van der Waals surface area contributed by atoms with Crippen LogP contribution in [-0.2, 0) is 15.8 Å². The predicted octanol–water partition coefficient (Wildman–Crippen LogP) is 5.22. The van der Waals surface area contributed by atoms with Crippen molar-refractivity contribution in [2.24, 2.45) is 17.6 Å². The molecule has 5 rings (SSSR count). The Balaban J connectivity index is 0.000000440. The summed E-state index contributed by atoms with van der Waals surface area (Å²) in [7, 11) is 0. The zero-order chi connectivity index (χ0) is 32.2. The van der Waals surface area contributed by atoms with Crippen molar-refractivity contribution in [1.82, 2.24) is 20.5 Å². The van der Waals surface area contributed by atoms with Crippen molar-refractivity contribution >= 4 is 23.4 Å². The van der Waals surface area contributed by atoms with E-state index < -0.39 is 11.7 Å². The lowest BCUT2D eigenvalue weighted by atomic mass is 9.94. The number of benzene rings is 2. The normalized spacial score (nSPS) is 17.1. The number of primary amides is 1. The maximum atomic E-state index is 13.1. The molecule has 0 saturated carbocycles. The molecular formula is C33H39ClF3N5O3. The van der Waals surface area contributed by atoms with Gasteiger partial charge in [-0.3, -0.25) is 19.5 Å². The molecule has 2 aromatic carbocycles. The number of amides is 2. The van der Waals surface area contributed by atoms with Crippen LogP contribution in [0.3, 0.4) is 0 Å². The molecule has 3 heterocycles. The molecule has 1 atom stereocenters. The number of hydrogen-bond acceptors (Lipinski definition) is 6. The van der Waals surface area contributed by atoms with E-state index in [9.17, 15) is 22.8 Å². The van der Waals surface area contributed by atoms with Gasteiger partial charge in [0.1, 0.15) is 12.4 Å². The van der Waals surface area contributed by atoms with Crippen molar-refractivity contribution in [3.8, 4) is 5.75 Å². The molecule has 0 spiro atoms. The number of aromatic nitrogens is 1. The lowest BCUT2D eigenvalue weighted by Crippen LogP contribution is -2.42. The second-order valence-electron chi connectivity index (χ2n) is 11.2. The Morgan fingerprint density at radius 3 is 2.20 bits per heavy atom. The van der Waals surface area contributed by atoms with Crippen LogP contribution in [0, 0.1) is 11.8 Å². The maximum absolute atomic E-state index is 13.1. The summed E-state index contributed by atoms with van der Waals surface area (Å²) in [5.41, 5.74) is 6.07. The van der Waals surface area contributed by atoms with Crippen LogP contribution in [0.4, 0.5) is 13.2 Å². The third-order valence-electron chi connectivity index (χ3n) is 8.03. The van der Waals surface area contributed by atoms with Crippen molar-refractivity contribution in [3.05, 3.63) is 94.8 Å². The number of nitrogens with zero attached hydrogens (tertiary/aromatic N) is 2. The number of piperidine rings is 2. The third kappa shape index (κ3) is 10.7. The second kappa shape index (κ2) is 16.6. The third-order valence-corrected chi connectivity index (χ3v) is 8.28. The topological polar surface area (TPSA) is 110 Å². The van der Waals surface area contributed by atoms with Gasteiger partial charge in [-0.1, -0.05) is 29.8 Å². The fourth-order valence-corrected chi connectivity index (χ4v) is 5.47. The molecule has 45 heavy (non-hydrogen) atoms. The first-order valence-electron chi connectivity index (χ1n) is 15.1. The zero-order valence-corrected chi connectivity index (χ0v) is 25.7. The Morgan fingerprint density at radius 1 is 0.978 bits per heavy atom. The smallest absolute Gasteiger partial charge is 0.416 e. The molecule has 1 unspecified atom stereocenters. The number of likely N-dealkylation sites (tertiary alicyclic amines) is 1. The van der Waals surface area contributed by atoms with Crippen molar-refractivity contribution in [2.75, 3.05) is 39.3 Å². The lowest BCUT2D eigenvalue weighted by Gasteiger charge is -2.32. The summed E-state index contributed by atoms with van der Waals surface area (Å²) in [4.78, 5) is 30.3. The van der Waals surface area contributed by atoms with Gasteiger partial charge in [-0.2, -0.15) is 13.2 Å². The van der Waals surface area contributed by atoms with Crippen LogP contribution in [0.1, 0.15) is 48.5 Å². The van der Waals surface area contributed by atoms with E-state index in [1.54, 1.807) is 18.3 Å². The maximum Gasteiger partial charge on any atom is 0.416 e. The molecule has 2 aliphatic rings. The van der Waals surface area contributed by atoms with E-state index in [2.05, 4.69) is 20.5 Å². The van der Waals surface area contributed by atoms with Crippen molar-refractivity contribution in [1.29, 1.82) is 0 Å². The zero-order valence-electron chi connectivity index (χ0n) is 24.9. The highest BCUT2D eigenvalue weighted by Gasteiger charge is 2.30. The largest absolute Gasteiger partial charge is 0.492 e. The fourth-order valence-electron chi connectivity index (χ4n) is 5.35. The van der Waals surface area contributed by atoms with Crippen LogP contribution >= 0.6 is 11.6 Å². The van der Waals surface area contributed by atoms with Crippen LogP contribution in [0.5, 0.6) is 5.75 Å². The Labute approximate surface area is 266 Å². The molecule has 8 nitrogen and oxygen atoms in total. The Morgan fingerprint density at radius 2 is 1.64 bits per heavy atom. The average Bonchev–Trinajstić information content (AvgIpc) is 3.05. The first-order chi connectivity index (χ1) is 21.6. The fraction of sp³-hybridized carbons (Fsp3) is 0.424. The monoisotopic (exact) mass is 645 g/mol. The Kier molecular flexibility index (Phi) is 12.6. The van der Waals surface area contributed by atoms with Gasteiger partial charge in [-0.05, 0) is 106 Å². The number of halogens is 4. The summed E-state index contributed by atoms with van der Waals surface area (Å²) in [6.07, 6.45) is 0.589. The minimum absolute atomic E-state index is 0.0127. The van der Waals surface area contributed by atoms with Crippen LogP contribution in [-0.4, -0.2) is 61.0 Å². The van der Waals surface area contributed by atoms with Crippen LogP contribution in [0.2, 0.25) is 5.02 Å². The standard InChI is InChI=1S/C27H27ClF3N3O2.C6H12N2O/c28-22-8-4-19(5-9-22)25(24-3-1-2-14-32-24)33-26(35)20-12-15-34(16-13-20)17-18-36-23-10-6-21(7-11-23)27(29,30)31;7-6(9)5-1-3-8-4-2-5/h1-11,14,20,25H,12-13,15-18H2,(H,33,35);5,8H,1-4H2,(H2,7,9). The van der Waals surface area contributed by atoms with Crippen molar-refractivity contribution in [3.63, 3.8) is 0 Å². The van der Waals surface area contributed by atoms with E-state index in [0.29, 0.717) is 36.8 Å². The molecule has 0 radical (unpaired) electrons. The number of hydrogen-bond donors (Lipinski definition) is 3. The molecule has 3 aromatic rings. The average molecular weight is 646 g/mol. The van der Waals surface area contributed by atoms with E-state index in [0.717, 1.165) is 62.4 Å². The lowest BCUT2D eigenvalue weighted by molar-refractivity contribution is -0.137. The molecular weight excluding hydrogens is 607 g/mol. The van der Waals surface area contributed by atoms with E-state index >= 15 is 0 Å². The first kappa shape index (κ1) is 34.2. The molecule has 1 aromatic heterocycles. The minimum atomic E-state index is -4.36. The van der Waals surface area contributed by atoms with Gasteiger partial charge in [-0.15, -0.1) is 0 Å². The SMILES string of the molecule is NC(=O)C1CCNCC1.O=C(NC(c1ccc(Cl)cc1)c1ccccn1)C1CCN(CCOc2ccc(C(F)(F)F)cc2)CC1. The number of alkyl halides is 3. The van der Waals surface area contributed by atoms with E-state index in [1.807, 2.05) is 30.3 Å². The van der Waals surface area contributed by atoms with Gasteiger partial charge in [-0.25, -0.2) is 0 Å². The summed E-state index contributed by atoms with van der Waals surface area (Å²) in [5, 5.41) is 6.95. The number of carbonyl (C=O) groups is 2. The number of pyridine rings is 1. The van der Waals surface area contributed by atoms with Crippen LogP contribution in [0.25, 0.3) is 0 Å². The Hall–Kier alpha value is -3.67. The van der Waals surface area contributed by atoms with Crippen LogP contribution < -0.4 is 21.1 Å². The molecule has 0 bridgehead atoms. The highest BCUT2D eigenvalue weighted by molar-refractivity contribution is 6.30. The minimum Gasteiger partial charge on any atom is -0.492 e. The Bertz CT molecular complexity index is 1350. The number of ether oxygens (including phenoxy) is 1. The molecule has 2 aliphatic heterocycles. The molecule has 2 saturated heterocycles. The summed E-state index contributed by atoms with van der Waals surface area (Å²) < 4.78 is 43.6. The highest BCUT2D eigenvalue weighted by atomic mass is 35.5. The molecule has 2 amide bonds. The van der Waals surface area contributed by atoms with Gasteiger partial charge in [0.2, 0.25) is 11.8 Å². The number of rotatable bonds is 9. The number of nitrogens with one attached hydrogen (secondary N) is 2. The summed E-state index contributed by atoms with van der Waals surface area (Å²) >= 11 is 6.04. The van der Waals surface area contributed by atoms with Gasteiger partial charge in [0.15, 0.2) is 0 Å². The molecule has 242 valence electrons. The second-order valence-corrected chi connectivity index (χ2v) is 11.6. The predicted molar refractivity (Wildman–Crippen MR) is 167 cm³/mol. The number of carbonyl (C=O) groups excluding carboxylic acids is 2. The first-order valence-corrected chi connectivity index (χ1v) is 15.5. The molecule has 4 N–H and O–H groups in total. The van der Waals surface area contributed by atoms with E-state index in [1.165, 1.54) is 12.1 Å². The van der Waals surface area contributed by atoms with E-state index in [4.69, 9.17) is 22.1 Å². The molecule has 2 fully saturated rings. The van der Waals surface area contributed by atoms with Crippen LogP contribution in [0.15, 0.2) is 72.9 Å². The van der Waals surface area contributed by atoms with Gasteiger partial charge in [0, 0.05) is 29.6 Å². The van der Waals surface area contributed by atoms with Gasteiger partial charge >= 0.3 is 6.18 Å². The molecule has 0 aliphatic carbocycles. The summed E-state index contributed by atoms with van der Waals surface area (Å²) in [6.45, 7) is 4.35. The van der Waals surface area contributed by atoms with Gasteiger partial charge in [0.25, 0.3) is 0 Å². The number of nitrogens with two attached hydrogens (primary N) is 1. The highest BCUT2D eigenvalue weighted by Crippen LogP contribution is 2.30. The quantitative estimate of drug-likeness (QED) is 0.294. The molecule has 12 heteroatoms. The van der Waals surface area contributed by atoms with Gasteiger partial charge < -0.3 is 21.1 Å². The summed E-state index contributed by atoms with van der Waals surface area (Å²) in [6, 6.07) is 17.3. The van der Waals surface area contributed by atoms with E-state index in [-0.39, 0.29) is 29.7 Å².